The number of ether oxygens (including phenoxy) is 2. The number of halogens is 1. The number of rotatable bonds is 5. The third-order valence-electron chi connectivity index (χ3n) is 5.80. The molecule has 0 amide bonds. The van der Waals surface area contributed by atoms with Crippen LogP contribution < -0.4 is 4.74 Å². The molecule has 2 N–H and O–H groups in total. The molecule has 1 aliphatic heterocycles. The summed E-state index contributed by atoms with van der Waals surface area (Å²) < 4.78 is 11.2. The van der Waals surface area contributed by atoms with Crippen LogP contribution in [0.15, 0.2) is 36.4 Å². The number of hydroxylamine groups is 2. The molecule has 1 unspecified atom stereocenters. The standard InChI is InChI=1S/C24H32INO5/c1-22(2)13-15(14-23(3,4)26(22)29)30-20(27)18-11-12-19(31-21(28)24(5,6)25)17-10-8-7-9-16(17)18/h7-12,15,21,28-29H,13-14H2,1-6H3. The van der Waals surface area contributed by atoms with Crippen LogP contribution >= 0.6 is 22.6 Å². The van der Waals surface area contributed by atoms with Gasteiger partial charge in [0.1, 0.15) is 11.9 Å². The fourth-order valence-corrected chi connectivity index (χ4v) is 4.42. The van der Waals surface area contributed by atoms with Gasteiger partial charge in [-0.05, 0) is 59.1 Å². The van der Waals surface area contributed by atoms with Crippen molar-refractivity contribution in [3.63, 3.8) is 0 Å². The molecule has 0 spiro atoms. The summed E-state index contributed by atoms with van der Waals surface area (Å²) in [5, 5.41) is 23.7. The number of fused-ring (bicyclic) bond motifs is 1. The van der Waals surface area contributed by atoms with Crippen LogP contribution in [0.25, 0.3) is 10.8 Å². The van der Waals surface area contributed by atoms with Crippen molar-refractivity contribution in [3.8, 4) is 5.75 Å². The number of hydrogen-bond donors (Lipinski definition) is 2. The Kier molecular flexibility index (Phi) is 6.64. The Morgan fingerprint density at radius 3 is 2.19 bits per heavy atom. The largest absolute Gasteiger partial charge is 0.463 e. The van der Waals surface area contributed by atoms with E-state index in [1.165, 1.54) is 5.06 Å². The van der Waals surface area contributed by atoms with Crippen molar-refractivity contribution in [1.82, 2.24) is 5.06 Å². The molecule has 1 saturated heterocycles. The summed E-state index contributed by atoms with van der Waals surface area (Å²) in [4.78, 5) is 13.1. The van der Waals surface area contributed by atoms with E-state index in [2.05, 4.69) is 22.6 Å². The number of nitrogens with zero attached hydrogens (tertiary/aromatic N) is 1. The SMILES string of the molecule is CC(C)(I)C(O)Oc1ccc(C(=O)OC2CC(C)(C)N(O)C(C)(C)C2)c2ccccc12. The summed E-state index contributed by atoms with van der Waals surface area (Å²) in [5.41, 5.74) is -0.558. The second kappa shape index (κ2) is 8.50. The molecule has 0 aliphatic carbocycles. The Labute approximate surface area is 197 Å². The Bertz CT molecular complexity index is 948. The predicted molar refractivity (Wildman–Crippen MR) is 129 cm³/mol. The molecule has 2 aromatic rings. The second-order valence-corrected chi connectivity index (χ2v) is 12.8. The van der Waals surface area contributed by atoms with Crippen molar-refractivity contribution < 1.29 is 24.6 Å². The number of carbonyl (C=O) groups is 1. The third-order valence-corrected chi connectivity index (χ3v) is 6.34. The zero-order chi connectivity index (χ0) is 23.2. The highest BCUT2D eigenvalue weighted by Crippen LogP contribution is 2.39. The lowest BCUT2D eigenvalue weighted by Crippen LogP contribution is -2.60. The lowest BCUT2D eigenvalue weighted by Gasteiger charge is -2.50. The van der Waals surface area contributed by atoms with Crippen molar-refractivity contribution in [2.24, 2.45) is 0 Å². The zero-order valence-electron chi connectivity index (χ0n) is 19.0. The monoisotopic (exact) mass is 541 g/mol. The predicted octanol–water partition coefficient (Wildman–Crippen LogP) is 5.32. The van der Waals surface area contributed by atoms with Gasteiger partial charge in [0.25, 0.3) is 0 Å². The van der Waals surface area contributed by atoms with Crippen LogP contribution in [0.5, 0.6) is 5.75 Å². The normalized spacial score (nSPS) is 20.4. The van der Waals surface area contributed by atoms with E-state index in [0.717, 1.165) is 5.39 Å². The number of aliphatic hydroxyl groups excluding tert-OH is 1. The van der Waals surface area contributed by atoms with Gasteiger partial charge < -0.3 is 19.8 Å². The molecule has 7 heteroatoms. The molecule has 0 aromatic heterocycles. The van der Waals surface area contributed by atoms with E-state index in [1.54, 1.807) is 12.1 Å². The van der Waals surface area contributed by atoms with E-state index in [9.17, 15) is 15.1 Å². The molecule has 0 bridgehead atoms. The zero-order valence-corrected chi connectivity index (χ0v) is 21.1. The van der Waals surface area contributed by atoms with E-state index >= 15 is 0 Å². The molecule has 1 heterocycles. The Morgan fingerprint density at radius 1 is 1.10 bits per heavy atom. The van der Waals surface area contributed by atoms with Gasteiger partial charge in [0.05, 0.1) is 8.99 Å². The molecule has 1 fully saturated rings. The van der Waals surface area contributed by atoms with Crippen molar-refractivity contribution in [2.75, 3.05) is 0 Å². The maximum atomic E-state index is 13.1. The number of hydrogen-bond acceptors (Lipinski definition) is 6. The first-order valence-corrected chi connectivity index (χ1v) is 11.6. The van der Waals surface area contributed by atoms with Gasteiger partial charge in [-0.25, -0.2) is 4.79 Å². The topological polar surface area (TPSA) is 79.2 Å². The number of benzene rings is 2. The van der Waals surface area contributed by atoms with Gasteiger partial charge in [0, 0.05) is 29.3 Å². The van der Waals surface area contributed by atoms with Crippen LogP contribution in [-0.4, -0.2) is 48.2 Å². The lowest BCUT2D eigenvalue weighted by molar-refractivity contribution is -0.256. The molecule has 170 valence electrons. The van der Waals surface area contributed by atoms with Crippen LogP contribution in [0.3, 0.4) is 0 Å². The first-order valence-electron chi connectivity index (χ1n) is 10.5. The first kappa shape index (κ1) is 24.2. The highest BCUT2D eigenvalue weighted by molar-refractivity contribution is 14.1. The third kappa shape index (κ3) is 5.16. The van der Waals surface area contributed by atoms with Gasteiger partial charge >= 0.3 is 5.97 Å². The molecule has 3 rings (SSSR count). The highest BCUT2D eigenvalue weighted by atomic mass is 127. The van der Waals surface area contributed by atoms with Gasteiger partial charge in [-0.2, -0.15) is 5.06 Å². The fraction of sp³-hybridized carbons (Fsp3) is 0.542. The minimum Gasteiger partial charge on any atom is -0.463 e. The van der Waals surface area contributed by atoms with Gasteiger partial charge in [0.2, 0.25) is 6.29 Å². The average Bonchev–Trinajstić information content (AvgIpc) is 2.65. The lowest BCUT2D eigenvalue weighted by atomic mass is 9.80. The molecule has 1 aliphatic rings. The van der Waals surface area contributed by atoms with Crippen LogP contribution in [0, 0.1) is 0 Å². The molecule has 0 saturated carbocycles. The van der Waals surface area contributed by atoms with E-state index < -0.39 is 26.8 Å². The number of alkyl halides is 1. The van der Waals surface area contributed by atoms with Crippen LogP contribution in [-0.2, 0) is 4.74 Å². The van der Waals surface area contributed by atoms with Crippen LogP contribution in [0.1, 0.15) is 64.7 Å². The van der Waals surface area contributed by atoms with Gasteiger partial charge in [0.15, 0.2) is 0 Å². The van der Waals surface area contributed by atoms with E-state index in [-0.39, 0.29) is 6.10 Å². The molecule has 31 heavy (non-hydrogen) atoms. The maximum Gasteiger partial charge on any atom is 0.339 e. The number of piperidine rings is 1. The minimum absolute atomic E-state index is 0.308. The van der Waals surface area contributed by atoms with Crippen molar-refractivity contribution in [1.29, 1.82) is 0 Å². The summed E-state index contributed by atoms with van der Waals surface area (Å²) in [6.45, 7) is 11.5. The minimum atomic E-state index is -0.998. The smallest absolute Gasteiger partial charge is 0.339 e. The average molecular weight is 541 g/mol. The summed E-state index contributed by atoms with van der Waals surface area (Å²) >= 11 is 2.14. The van der Waals surface area contributed by atoms with E-state index in [1.807, 2.05) is 65.8 Å². The number of carbonyl (C=O) groups excluding carboxylic acids is 1. The van der Waals surface area contributed by atoms with Crippen molar-refractivity contribution >= 4 is 39.3 Å². The summed E-state index contributed by atoms with van der Waals surface area (Å²) in [6.07, 6.45) is -0.233. The van der Waals surface area contributed by atoms with Crippen molar-refractivity contribution in [3.05, 3.63) is 42.0 Å². The van der Waals surface area contributed by atoms with Gasteiger partial charge in [-0.1, -0.05) is 46.9 Å². The number of aliphatic hydroxyl groups is 1. The Balaban J connectivity index is 1.88. The Morgan fingerprint density at radius 2 is 1.65 bits per heavy atom. The first-order chi connectivity index (χ1) is 14.2. The molecule has 0 radical (unpaired) electrons. The van der Waals surface area contributed by atoms with E-state index in [0.29, 0.717) is 29.5 Å². The van der Waals surface area contributed by atoms with Gasteiger partial charge in [-0.15, -0.1) is 0 Å². The molecule has 2 aromatic carbocycles. The molecular weight excluding hydrogens is 509 g/mol. The van der Waals surface area contributed by atoms with Crippen LogP contribution in [0.4, 0.5) is 0 Å². The Hall–Kier alpha value is -1.42. The highest BCUT2D eigenvalue weighted by Gasteiger charge is 2.46. The molecule has 6 nitrogen and oxygen atoms in total. The fourth-order valence-electron chi connectivity index (χ4n) is 4.29. The second-order valence-electron chi connectivity index (χ2n) is 10.1. The van der Waals surface area contributed by atoms with Gasteiger partial charge in [-0.3, -0.25) is 0 Å². The maximum absolute atomic E-state index is 13.1. The molecular formula is C24H32INO5. The summed E-state index contributed by atoms with van der Waals surface area (Å²) in [7, 11) is 0. The quantitative estimate of drug-likeness (QED) is 0.231. The number of esters is 1. The van der Waals surface area contributed by atoms with Crippen molar-refractivity contribution in [2.45, 2.75) is 81.3 Å². The summed E-state index contributed by atoms with van der Waals surface area (Å²) in [6, 6.07) is 10.8. The van der Waals surface area contributed by atoms with Crippen LogP contribution in [0.2, 0.25) is 0 Å². The summed E-state index contributed by atoms with van der Waals surface area (Å²) in [5.74, 6) is 0.112. The molecule has 1 atom stereocenters. The van der Waals surface area contributed by atoms with E-state index in [4.69, 9.17) is 9.47 Å².